The summed E-state index contributed by atoms with van der Waals surface area (Å²) in [4.78, 5) is 6.54. The Labute approximate surface area is 74.0 Å². The van der Waals surface area contributed by atoms with Crippen LogP contribution in [0.25, 0.3) is 0 Å². The van der Waals surface area contributed by atoms with Gasteiger partial charge in [-0.3, -0.25) is 14.7 Å². The molecule has 4 nitrogen and oxygen atoms in total. The molecule has 0 saturated carbocycles. The summed E-state index contributed by atoms with van der Waals surface area (Å²) in [5.74, 6) is 0. The second-order valence-corrected chi connectivity index (χ2v) is 3.42. The van der Waals surface area contributed by atoms with Crippen molar-refractivity contribution in [1.29, 1.82) is 5.26 Å². The SMILES string of the molecule is CN(C)C1N(C)CCN1CC#N. The highest BCUT2D eigenvalue weighted by Crippen LogP contribution is 2.12. The fourth-order valence-corrected chi connectivity index (χ4v) is 1.77. The molecular formula is C8H16N4. The summed E-state index contributed by atoms with van der Waals surface area (Å²) in [5, 5.41) is 8.58. The largest absolute Gasteiger partial charge is 0.282 e. The van der Waals surface area contributed by atoms with Crippen molar-refractivity contribution in [2.24, 2.45) is 0 Å². The fraction of sp³-hybridized carbons (Fsp3) is 0.875. The average molecular weight is 168 g/mol. The van der Waals surface area contributed by atoms with E-state index < -0.39 is 0 Å². The molecule has 0 bridgehead atoms. The van der Waals surface area contributed by atoms with Crippen LogP contribution in [0.2, 0.25) is 0 Å². The van der Waals surface area contributed by atoms with Crippen molar-refractivity contribution in [3.63, 3.8) is 0 Å². The molecule has 0 aromatic rings. The number of likely N-dealkylation sites (N-methyl/N-ethyl adjacent to an activating group) is 1. The first-order valence-corrected chi connectivity index (χ1v) is 4.14. The van der Waals surface area contributed by atoms with Crippen molar-refractivity contribution in [1.82, 2.24) is 14.7 Å². The first-order chi connectivity index (χ1) is 5.66. The lowest BCUT2D eigenvalue weighted by Crippen LogP contribution is -2.47. The van der Waals surface area contributed by atoms with Gasteiger partial charge in [0.1, 0.15) is 6.29 Å². The van der Waals surface area contributed by atoms with Crippen LogP contribution in [0.5, 0.6) is 0 Å². The van der Waals surface area contributed by atoms with Crippen LogP contribution in [0.1, 0.15) is 0 Å². The van der Waals surface area contributed by atoms with Gasteiger partial charge in [0, 0.05) is 13.1 Å². The number of nitrogens with zero attached hydrogens (tertiary/aromatic N) is 4. The molecule has 1 atom stereocenters. The summed E-state index contributed by atoms with van der Waals surface area (Å²) in [5.41, 5.74) is 0. The lowest BCUT2D eigenvalue weighted by Gasteiger charge is -2.31. The van der Waals surface area contributed by atoms with Gasteiger partial charge in [0.25, 0.3) is 0 Å². The van der Waals surface area contributed by atoms with Crippen molar-refractivity contribution in [3.05, 3.63) is 0 Å². The Morgan fingerprint density at radius 2 is 2.17 bits per heavy atom. The predicted octanol–water partition coefficient (Wildman–Crippen LogP) is -0.397. The van der Waals surface area contributed by atoms with Crippen molar-refractivity contribution in [2.75, 3.05) is 40.8 Å². The average Bonchev–Trinajstić information content (AvgIpc) is 2.32. The lowest BCUT2D eigenvalue weighted by atomic mass is 10.5. The molecule has 0 amide bonds. The molecule has 1 aliphatic heterocycles. The first-order valence-electron chi connectivity index (χ1n) is 4.14. The van der Waals surface area contributed by atoms with E-state index in [9.17, 15) is 0 Å². The van der Waals surface area contributed by atoms with Gasteiger partial charge in [-0.25, -0.2) is 0 Å². The van der Waals surface area contributed by atoms with E-state index in [0.29, 0.717) is 12.8 Å². The number of nitriles is 1. The van der Waals surface area contributed by atoms with Crippen LogP contribution in [-0.4, -0.2) is 61.8 Å². The lowest BCUT2D eigenvalue weighted by molar-refractivity contribution is 0.0398. The normalized spacial score (nSPS) is 26.4. The van der Waals surface area contributed by atoms with Crippen molar-refractivity contribution < 1.29 is 0 Å². The molecule has 12 heavy (non-hydrogen) atoms. The van der Waals surface area contributed by atoms with Gasteiger partial charge in [-0.15, -0.1) is 0 Å². The van der Waals surface area contributed by atoms with E-state index in [1.54, 1.807) is 0 Å². The van der Waals surface area contributed by atoms with E-state index in [1.165, 1.54) is 0 Å². The highest BCUT2D eigenvalue weighted by Gasteiger charge is 2.30. The Kier molecular flexibility index (Phi) is 3.04. The summed E-state index contributed by atoms with van der Waals surface area (Å²) >= 11 is 0. The van der Waals surface area contributed by atoms with Crippen LogP contribution < -0.4 is 0 Å². The van der Waals surface area contributed by atoms with Crippen molar-refractivity contribution >= 4 is 0 Å². The highest BCUT2D eigenvalue weighted by molar-refractivity contribution is 4.85. The van der Waals surface area contributed by atoms with Gasteiger partial charge in [0.15, 0.2) is 0 Å². The second-order valence-electron chi connectivity index (χ2n) is 3.42. The smallest absolute Gasteiger partial charge is 0.119 e. The zero-order chi connectivity index (χ0) is 9.14. The third-order valence-corrected chi connectivity index (χ3v) is 2.20. The van der Waals surface area contributed by atoms with Gasteiger partial charge in [-0.1, -0.05) is 0 Å². The molecule has 1 aliphatic rings. The van der Waals surface area contributed by atoms with Gasteiger partial charge in [-0.05, 0) is 21.1 Å². The van der Waals surface area contributed by atoms with Gasteiger partial charge >= 0.3 is 0 Å². The third-order valence-electron chi connectivity index (χ3n) is 2.20. The summed E-state index contributed by atoms with van der Waals surface area (Å²) in [6.45, 7) is 2.56. The minimum Gasteiger partial charge on any atom is -0.282 e. The van der Waals surface area contributed by atoms with Crippen LogP contribution >= 0.6 is 0 Å². The number of hydrogen-bond donors (Lipinski definition) is 0. The zero-order valence-electron chi connectivity index (χ0n) is 7.99. The van der Waals surface area contributed by atoms with Crippen molar-refractivity contribution in [2.45, 2.75) is 6.29 Å². The van der Waals surface area contributed by atoms with Crippen LogP contribution in [0.3, 0.4) is 0 Å². The molecule has 0 aliphatic carbocycles. The number of rotatable bonds is 2. The van der Waals surface area contributed by atoms with Crippen LogP contribution in [0.15, 0.2) is 0 Å². The van der Waals surface area contributed by atoms with E-state index >= 15 is 0 Å². The fourth-order valence-electron chi connectivity index (χ4n) is 1.77. The maximum atomic E-state index is 8.58. The topological polar surface area (TPSA) is 33.5 Å². The van der Waals surface area contributed by atoms with E-state index in [1.807, 2.05) is 14.1 Å². The van der Waals surface area contributed by atoms with Crippen LogP contribution in [-0.2, 0) is 0 Å². The Morgan fingerprint density at radius 1 is 1.50 bits per heavy atom. The molecule has 1 fully saturated rings. The van der Waals surface area contributed by atoms with Crippen molar-refractivity contribution in [3.8, 4) is 6.07 Å². The quantitative estimate of drug-likeness (QED) is 0.525. The molecule has 0 aromatic carbocycles. The molecule has 0 radical (unpaired) electrons. The second kappa shape index (κ2) is 3.85. The predicted molar refractivity (Wildman–Crippen MR) is 47.3 cm³/mol. The van der Waals surface area contributed by atoms with E-state index in [-0.39, 0.29) is 0 Å². The summed E-state index contributed by atoms with van der Waals surface area (Å²) in [7, 11) is 6.16. The van der Waals surface area contributed by atoms with Crippen LogP contribution in [0.4, 0.5) is 0 Å². The molecular weight excluding hydrogens is 152 g/mol. The van der Waals surface area contributed by atoms with E-state index in [2.05, 4.69) is 27.8 Å². The molecule has 0 N–H and O–H groups in total. The Balaban J connectivity index is 2.59. The number of hydrogen-bond acceptors (Lipinski definition) is 4. The Morgan fingerprint density at radius 3 is 2.67 bits per heavy atom. The van der Waals surface area contributed by atoms with Gasteiger partial charge < -0.3 is 0 Å². The minimum absolute atomic E-state index is 0.296. The van der Waals surface area contributed by atoms with Crippen LogP contribution in [0, 0.1) is 11.3 Å². The zero-order valence-corrected chi connectivity index (χ0v) is 7.99. The Bertz CT molecular complexity index is 184. The molecule has 1 saturated heterocycles. The maximum Gasteiger partial charge on any atom is 0.119 e. The molecule has 1 unspecified atom stereocenters. The third kappa shape index (κ3) is 1.75. The molecule has 68 valence electrons. The summed E-state index contributed by atoms with van der Waals surface area (Å²) in [6, 6.07) is 2.19. The molecule has 0 spiro atoms. The molecule has 0 aromatic heterocycles. The highest BCUT2D eigenvalue weighted by atomic mass is 15.5. The minimum atomic E-state index is 0.296. The molecule has 4 heteroatoms. The standard InChI is InChI=1S/C8H16N4/c1-10(2)8-11(3)6-7-12(8)5-4-9/h8H,5-7H2,1-3H3. The van der Waals surface area contributed by atoms with E-state index in [0.717, 1.165) is 13.1 Å². The van der Waals surface area contributed by atoms with Gasteiger partial charge in [-0.2, -0.15) is 5.26 Å². The molecule has 1 rings (SSSR count). The monoisotopic (exact) mass is 168 g/mol. The van der Waals surface area contributed by atoms with E-state index in [4.69, 9.17) is 5.26 Å². The van der Waals surface area contributed by atoms with Gasteiger partial charge in [0.05, 0.1) is 12.6 Å². The van der Waals surface area contributed by atoms with Gasteiger partial charge in [0.2, 0.25) is 0 Å². The summed E-state index contributed by atoms with van der Waals surface area (Å²) < 4.78 is 0. The first kappa shape index (κ1) is 9.46. The Hall–Kier alpha value is -0.630. The summed E-state index contributed by atoms with van der Waals surface area (Å²) in [6.07, 6.45) is 0.296. The molecule has 1 heterocycles. The maximum absolute atomic E-state index is 8.58.